The van der Waals surface area contributed by atoms with E-state index < -0.39 is 10.0 Å². The first-order valence-corrected chi connectivity index (χ1v) is 14.7. The number of fused-ring (bicyclic) bond motifs is 1. The van der Waals surface area contributed by atoms with Crippen LogP contribution >= 0.6 is 0 Å². The minimum atomic E-state index is -3.57. The summed E-state index contributed by atoms with van der Waals surface area (Å²) in [5.74, 6) is 0.222. The molecule has 5 nitrogen and oxygen atoms in total. The van der Waals surface area contributed by atoms with Gasteiger partial charge in [0.2, 0.25) is 10.0 Å². The smallest absolute Gasteiger partial charge is 0.243 e. The minimum absolute atomic E-state index is 0.130. The fourth-order valence-electron chi connectivity index (χ4n) is 6.20. The van der Waals surface area contributed by atoms with Gasteiger partial charge in [0.25, 0.3) is 0 Å². The van der Waals surface area contributed by atoms with Gasteiger partial charge in [-0.15, -0.1) is 0 Å². The molecule has 0 N–H and O–H groups in total. The van der Waals surface area contributed by atoms with Crippen LogP contribution in [0.1, 0.15) is 41.0 Å². The third-order valence-electron chi connectivity index (χ3n) is 8.19. The molecule has 3 aromatic rings. The molecule has 2 aliphatic rings. The molecule has 3 aromatic carbocycles. The average Bonchev–Trinajstić information content (AvgIpc) is 2.87. The van der Waals surface area contributed by atoms with Crippen molar-refractivity contribution in [3.8, 4) is 11.1 Å². The van der Waals surface area contributed by atoms with Gasteiger partial charge in [-0.2, -0.15) is 4.31 Å². The molecule has 2 saturated heterocycles. The first kappa shape index (κ1) is 26.1. The Labute approximate surface area is 222 Å². The zero-order valence-corrected chi connectivity index (χ0v) is 23.2. The third-order valence-corrected chi connectivity index (χ3v) is 10.2. The van der Waals surface area contributed by atoms with Crippen LogP contribution in [0, 0.1) is 20.8 Å². The van der Waals surface area contributed by atoms with E-state index in [1.165, 1.54) is 27.8 Å². The molecule has 1 unspecified atom stereocenters. The maximum absolute atomic E-state index is 13.7. The highest BCUT2D eigenvalue weighted by molar-refractivity contribution is 7.89. The molecule has 37 heavy (non-hydrogen) atoms. The largest absolute Gasteiger partial charge is 0.383 e. The topological polar surface area (TPSA) is 49.9 Å². The van der Waals surface area contributed by atoms with Crippen LogP contribution in [0.15, 0.2) is 71.6 Å². The van der Waals surface area contributed by atoms with Crippen LogP contribution in [0.5, 0.6) is 0 Å². The van der Waals surface area contributed by atoms with E-state index in [4.69, 9.17) is 4.74 Å². The summed E-state index contributed by atoms with van der Waals surface area (Å²) in [7, 11) is -1.81. The number of aryl methyl sites for hydroxylation is 3. The Kier molecular flexibility index (Phi) is 7.55. The molecule has 3 atom stereocenters. The van der Waals surface area contributed by atoms with Gasteiger partial charge in [0, 0.05) is 38.2 Å². The lowest BCUT2D eigenvalue weighted by Gasteiger charge is -2.57. The van der Waals surface area contributed by atoms with Crippen LogP contribution in [-0.2, 0) is 14.8 Å². The maximum atomic E-state index is 13.7. The molecule has 2 fully saturated rings. The third kappa shape index (κ3) is 5.00. The normalized spacial score (nSPS) is 23.1. The van der Waals surface area contributed by atoms with Gasteiger partial charge in [-0.25, -0.2) is 8.42 Å². The molecule has 0 saturated carbocycles. The molecule has 0 aliphatic carbocycles. The van der Waals surface area contributed by atoms with Crippen molar-refractivity contribution < 1.29 is 13.2 Å². The highest BCUT2D eigenvalue weighted by Crippen LogP contribution is 2.43. The Hall–Kier alpha value is -2.51. The first-order chi connectivity index (χ1) is 17.8. The molecule has 2 heterocycles. The number of nitrogens with zero attached hydrogens (tertiary/aromatic N) is 2. The fraction of sp³-hybridized carbons (Fsp3) is 0.419. The van der Waals surface area contributed by atoms with Crippen LogP contribution in [0.25, 0.3) is 11.1 Å². The van der Waals surface area contributed by atoms with Crippen molar-refractivity contribution in [2.24, 2.45) is 0 Å². The van der Waals surface area contributed by atoms with Crippen LogP contribution in [0.2, 0.25) is 0 Å². The van der Waals surface area contributed by atoms with Crippen molar-refractivity contribution in [2.75, 3.05) is 33.4 Å². The summed E-state index contributed by atoms with van der Waals surface area (Å²) in [4.78, 5) is 2.90. The van der Waals surface area contributed by atoms with Crippen molar-refractivity contribution in [1.29, 1.82) is 0 Å². The van der Waals surface area contributed by atoms with Crippen LogP contribution < -0.4 is 0 Å². The van der Waals surface area contributed by atoms with E-state index in [9.17, 15) is 8.42 Å². The van der Waals surface area contributed by atoms with Crippen LogP contribution in [0.4, 0.5) is 0 Å². The van der Waals surface area contributed by atoms with Gasteiger partial charge in [0.05, 0.1) is 11.5 Å². The number of benzene rings is 3. The van der Waals surface area contributed by atoms with Crippen molar-refractivity contribution >= 4 is 10.0 Å². The van der Waals surface area contributed by atoms with E-state index >= 15 is 0 Å². The Morgan fingerprint density at radius 2 is 1.62 bits per heavy atom. The van der Waals surface area contributed by atoms with E-state index in [-0.39, 0.29) is 18.0 Å². The van der Waals surface area contributed by atoms with Gasteiger partial charge in [0.15, 0.2) is 0 Å². The molecule has 0 radical (unpaired) electrons. The highest BCUT2D eigenvalue weighted by Gasteiger charge is 2.50. The Morgan fingerprint density at radius 3 is 2.35 bits per heavy atom. The molecular formula is C31H38N2O3S. The first-order valence-electron chi connectivity index (χ1n) is 13.3. The standard InChI is InChI=1S/C31H38N2O3S/c1-22-11-12-23(2)27(19-22)25-13-15-26(16-14-25)31-28-20-32(17-7-8-18-33(28)29(31)21-36-4)37(34,35)30-10-6-5-9-24(30)3/h5-6,9-16,19,28-29,31H,7-8,17-18,20-21H2,1-4H3/t28-,29+,31?/m0/s1. The average molecular weight is 519 g/mol. The van der Waals surface area contributed by atoms with Crippen LogP contribution in [0.3, 0.4) is 0 Å². The van der Waals surface area contributed by atoms with Crippen molar-refractivity contribution in [3.05, 3.63) is 89.0 Å². The summed E-state index contributed by atoms with van der Waals surface area (Å²) in [5.41, 5.74) is 7.05. The SMILES string of the molecule is COC[C@@H]1C(c2ccc(-c3cc(C)ccc3C)cc2)[C@@H]2CN(S(=O)(=O)c3ccccc3C)CCCCN12. The zero-order valence-electron chi connectivity index (χ0n) is 22.4. The Balaban J connectivity index is 1.46. The summed E-state index contributed by atoms with van der Waals surface area (Å²) in [6.07, 6.45) is 1.85. The second-order valence-corrected chi connectivity index (χ2v) is 12.5. The Bertz CT molecular complexity index is 1350. The molecule has 5 rings (SSSR count). The van der Waals surface area contributed by atoms with E-state index in [0.29, 0.717) is 24.6 Å². The van der Waals surface area contributed by atoms with E-state index in [1.807, 2.05) is 25.1 Å². The maximum Gasteiger partial charge on any atom is 0.243 e. The van der Waals surface area contributed by atoms with Gasteiger partial charge in [-0.1, -0.05) is 66.2 Å². The monoisotopic (exact) mass is 518 g/mol. The Morgan fingerprint density at radius 1 is 0.892 bits per heavy atom. The lowest BCUT2D eigenvalue weighted by molar-refractivity contribution is -0.0635. The van der Waals surface area contributed by atoms with Crippen molar-refractivity contribution in [3.63, 3.8) is 0 Å². The summed E-state index contributed by atoms with van der Waals surface area (Å²) in [5, 5.41) is 0. The van der Waals surface area contributed by atoms with Crippen LogP contribution in [-0.4, -0.2) is 63.1 Å². The predicted molar refractivity (Wildman–Crippen MR) is 149 cm³/mol. The summed E-state index contributed by atoms with van der Waals surface area (Å²) >= 11 is 0. The molecule has 0 bridgehead atoms. The predicted octanol–water partition coefficient (Wildman–Crippen LogP) is 5.55. The lowest BCUT2D eigenvalue weighted by atomic mass is 9.74. The molecule has 2 aliphatic heterocycles. The number of hydrogen-bond acceptors (Lipinski definition) is 4. The summed E-state index contributed by atoms with van der Waals surface area (Å²) in [6, 6.07) is 23.2. The number of hydrogen-bond donors (Lipinski definition) is 0. The summed E-state index contributed by atoms with van der Waals surface area (Å²) < 4.78 is 34.9. The number of rotatable bonds is 6. The van der Waals surface area contributed by atoms with E-state index in [0.717, 1.165) is 24.9 Å². The lowest BCUT2D eigenvalue weighted by Crippen LogP contribution is -2.68. The molecule has 196 valence electrons. The van der Waals surface area contributed by atoms with E-state index in [1.54, 1.807) is 17.5 Å². The second kappa shape index (κ2) is 10.7. The number of methoxy groups -OCH3 is 1. The zero-order chi connectivity index (χ0) is 26.2. The minimum Gasteiger partial charge on any atom is -0.383 e. The highest BCUT2D eigenvalue weighted by atomic mass is 32.2. The quantitative estimate of drug-likeness (QED) is 0.430. The second-order valence-electron chi connectivity index (χ2n) is 10.6. The summed E-state index contributed by atoms with van der Waals surface area (Å²) in [6.45, 7) is 8.84. The number of sulfonamides is 1. The van der Waals surface area contributed by atoms with Gasteiger partial charge in [-0.3, -0.25) is 4.90 Å². The molecular weight excluding hydrogens is 480 g/mol. The molecule has 6 heteroatoms. The molecule has 0 spiro atoms. The number of ether oxygens (including phenoxy) is 1. The van der Waals surface area contributed by atoms with E-state index in [2.05, 4.69) is 61.2 Å². The van der Waals surface area contributed by atoms with Gasteiger partial charge >= 0.3 is 0 Å². The van der Waals surface area contributed by atoms with Crippen molar-refractivity contribution in [1.82, 2.24) is 9.21 Å². The van der Waals surface area contributed by atoms with Gasteiger partial charge in [0.1, 0.15) is 0 Å². The van der Waals surface area contributed by atoms with Crippen molar-refractivity contribution in [2.45, 2.75) is 56.5 Å². The fourth-order valence-corrected chi connectivity index (χ4v) is 7.92. The molecule has 0 aromatic heterocycles. The van der Waals surface area contributed by atoms with Gasteiger partial charge in [-0.05, 0) is 74.0 Å². The van der Waals surface area contributed by atoms with Gasteiger partial charge < -0.3 is 4.74 Å². The molecule has 0 amide bonds.